The molecule has 9 heteroatoms. The summed E-state index contributed by atoms with van der Waals surface area (Å²) in [7, 11) is -3.42. The Kier molecular flexibility index (Phi) is 4.48. The third-order valence-corrected chi connectivity index (χ3v) is 4.57. The van der Waals surface area contributed by atoms with Gasteiger partial charge in [0.05, 0.1) is 16.8 Å². The largest absolute Gasteiger partial charge is 0.479 e. The number of carboxylic acids is 1. The van der Waals surface area contributed by atoms with Gasteiger partial charge in [-0.05, 0) is 32.0 Å². The molecule has 1 aromatic heterocycles. The number of hydrogen-bond acceptors (Lipinski definition) is 5. The van der Waals surface area contributed by atoms with Crippen molar-refractivity contribution in [3.05, 3.63) is 42.2 Å². The zero-order valence-electron chi connectivity index (χ0n) is 13.3. The zero-order valence-corrected chi connectivity index (χ0v) is 14.2. The number of hydrogen-bond donors (Lipinski definition) is 2. The lowest BCUT2D eigenvalue weighted by Gasteiger charge is -2.19. The molecule has 0 saturated heterocycles. The Morgan fingerprint density at radius 1 is 1.29 bits per heavy atom. The van der Waals surface area contributed by atoms with Gasteiger partial charge >= 0.3 is 5.97 Å². The molecule has 2 aromatic rings. The van der Waals surface area contributed by atoms with Crippen LogP contribution in [0.25, 0.3) is 0 Å². The number of anilines is 1. The Bertz CT molecular complexity index is 899. The number of nitrogens with one attached hydrogen (secondary N) is 1. The molecule has 0 bridgehead atoms. The highest BCUT2D eigenvalue weighted by Crippen LogP contribution is 2.18. The summed E-state index contributed by atoms with van der Waals surface area (Å²) in [5.74, 6) is -1.59. The van der Waals surface area contributed by atoms with Crippen LogP contribution in [0.5, 0.6) is 0 Å². The van der Waals surface area contributed by atoms with Crippen molar-refractivity contribution in [1.29, 1.82) is 0 Å². The molecule has 0 unspecified atom stereocenters. The predicted octanol–water partition coefficient (Wildman–Crippen LogP) is 1.36. The first-order chi connectivity index (χ1) is 11.0. The van der Waals surface area contributed by atoms with Gasteiger partial charge in [0.1, 0.15) is 0 Å². The van der Waals surface area contributed by atoms with Crippen molar-refractivity contribution in [3.63, 3.8) is 0 Å². The molecule has 1 aromatic carbocycles. The molecule has 0 fully saturated rings. The van der Waals surface area contributed by atoms with Crippen LogP contribution >= 0.6 is 0 Å². The van der Waals surface area contributed by atoms with E-state index >= 15 is 0 Å². The number of amides is 1. The average Bonchev–Trinajstić information content (AvgIpc) is 2.95. The minimum Gasteiger partial charge on any atom is -0.479 e. The molecule has 128 valence electrons. The molecule has 2 N–H and O–H groups in total. The smallest absolute Gasteiger partial charge is 0.331 e. The van der Waals surface area contributed by atoms with Gasteiger partial charge in [-0.3, -0.25) is 9.48 Å². The van der Waals surface area contributed by atoms with Gasteiger partial charge in [-0.1, -0.05) is 6.07 Å². The molecule has 1 amide bonds. The maximum absolute atomic E-state index is 12.2. The maximum Gasteiger partial charge on any atom is 0.331 e. The molecular weight excluding hydrogens is 334 g/mol. The van der Waals surface area contributed by atoms with Crippen LogP contribution in [0.1, 0.15) is 24.2 Å². The minimum atomic E-state index is -3.42. The highest BCUT2D eigenvalue weighted by Gasteiger charge is 2.30. The molecule has 0 saturated carbocycles. The Balaban J connectivity index is 2.23. The van der Waals surface area contributed by atoms with Crippen LogP contribution in [-0.2, 0) is 20.2 Å². The van der Waals surface area contributed by atoms with Crippen LogP contribution < -0.4 is 5.32 Å². The number of sulfone groups is 1. The van der Waals surface area contributed by atoms with E-state index < -0.39 is 27.3 Å². The number of carbonyl (C=O) groups excluding carboxylic acids is 1. The topological polar surface area (TPSA) is 118 Å². The molecule has 0 aliphatic rings. The summed E-state index contributed by atoms with van der Waals surface area (Å²) in [5.41, 5.74) is -0.790. The molecule has 0 aliphatic carbocycles. The monoisotopic (exact) mass is 351 g/mol. The van der Waals surface area contributed by atoms with E-state index in [0.717, 1.165) is 6.26 Å². The van der Waals surface area contributed by atoms with Crippen molar-refractivity contribution in [2.24, 2.45) is 0 Å². The third-order valence-electron chi connectivity index (χ3n) is 3.46. The molecule has 0 spiro atoms. The van der Waals surface area contributed by atoms with Gasteiger partial charge in [0, 0.05) is 18.0 Å². The number of nitrogens with zero attached hydrogens (tertiary/aromatic N) is 2. The maximum atomic E-state index is 12.2. The lowest BCUT2D eigenvalue weighted by Crippen LogP contribution is -2.35. The van der Waals surface area contributed by atoms with Crippen LogP contribution in [0.3, 0.4) is 0 Å². The second-order valence-corrected chi connectivity index (χ2v) is 7.81. The van der Waals surface area contributed by atoms with Gasteiger partial charge in [0.25, 0.3) is 5.91 Å². The highest BCUT2D eigenvalue weighted by atomic mass is 32.2. The summed E-state index contributed by atoms with van der Waals surface area (Å²) in [6, 6.07) is 5.63. The fourth-order valence-electron chi connectivity index (χ4n) is 1.86. The fourth-order valence-corrected chi connectivity index (χ4v) is 2.53. The Hall–Kier alpha value is -2.68. The van der Waals surface area contributed by atoms with Gasteiger partial charge in [0.15, 0.2) is 15.4 Å². The Morgan fingerprint density at radius 3 is 2.54 bits per heavy atom. The van der Waals surface area contributed by atoms with Gasteiger partial charge in [-0.15, -0.1) is 0 Å². The number of benzene rings is 1. The molecule has 24 heavy (non-hydrogen) atoms. The number of rotatable bonds is 5. The Morgan fingerprint density at radius 2 is 1.96 bits per heavy atom. The van der Waals surface area contributed by atoms with E-state index in [1.807, 2.05) is 0 Å². The first-order valence-electron chi connectivity index (χ1n) is 6.92. The second kappa shape index (κ2) is 6.08. The van der Waals surface area contributed by atoms with Gasteiger partial charge < -0.3 is 10.4 Å². The van der Waals surface area contributed by atoms with Gasteiger partial charge in [-0.2, -0.15) is 5.10 Å². The average molecular weight is 351 g/mol. The van der Waals surface area contributed by atoms with Gasteiger partial charge in [-0.25, -0.2) is 13.2 Å². The summed E-state index contributed by atoms with van der Waals surface area (Å²) < 4.78 is 24.3. The van der Waals surface area contributed by atoms with Crippen molar-refractivity contribution in [3.8, 4) is 0 Å². The minimum absolute atomic E-state index is 0.0397. The number of carbonyl (C=O) groups is 2. The molecule has 2 rings (SSSR count). The summed E-state index contributed by atoms with van der Waals surface area (Å²) in [4.78, 5) is 23.5. The van der Waals surface area contributed by atoms with Crippen molar-refractivity contribution < 1.29 is 23.1 Å². The van der Waals surface area contributed by atoms with E-state index in [1.165, 1.54) is 55.2 Å². The fraction of sp³-hybridized carbons (Fsp3) is 0.267. The number of aliphatic carboxylic acids is 1. The van der Waals surface area contributed by atoms with E-state index in [1.54, 1.807) is 0 Å². The predicted molar refractivity (Wildman–Crippen MR) is 86.7 cm³/mol. The van der Waals surface area contributed by atoms with Gasteiger partial charge in [0.2, 0.25) is 0 Å². The Labute approximate surface area is 139 Å². The number of aromatic nitrogens is 2. The lowest BCUT2D eigenvalue weighted by molar-refractivity contribution is -0.146. The molecule has 0 aliphatic heterocycles. The first-order valence-corrected chi connectivity index (χ1v) is 8.81. The number of carboxylic acid groups (broad SMARTS) is 1. The summed E-state index contributed by atoms with van der Waals surface area (Å²) in [6.45, 7) is 2.95. The molecular formula is C15H17N3O5S. The van der Waals surface area contributed by atoms with E-state index in [9.17, 15) is 18.0 Å². The zero-order chi connectivity index (χ0) is 18.1. The molecule has 8 nitrogen and oxygen atoms in total. The SMILES string of the molecule is CC(C)(C(=O)O)n1cc(NC(=O)c2cccc(S(C)(=O)=O)c2)cn1. The van der Waals surface area contributed by atoms with E-state index in [2.05, 4.69) is 10.4 Å². The van der Waals surface area contributed by atoms with Crippen LogP contribution in [0.15, 0.2) is 41.6 Å². The van der Waals surface area contributed by atoms with Crippen LogP contribution in [0.2, 0.25) is 0 Å². The molecule has 0 atom stereocenters. The van der Waals surface area contributed by atoms with Crippen molar-refractivity contribution in [2.45, 2.75) is 24.3 Å². The standard InChI is InChI=1S/C15H17N3O5S/c1-15(2,14(20)21)18-9-11(8-16-18)17-13(19)10-5-4-6-12(7-10)24(3,22)23/h4-9H,1-3H3,(H,17,19)(H,20,21). The van der Waals surface area contributed by atoms with E-state index in [0.29, 0.717) is 5.69 Å². The lowest BCUT2D eigenvalue weighted by atomic mass is 10.1. The van der Waals surface area contributed by atoms with Crippen LogP contribution in [0, 0.1) is 0 Å². The molecule has 0 radical (unpaired) electrons. The van der Waals surface area contributed by atoms with Crippen LogP contribution in [-0.4, -0.2) is 41.4 Å². The first kappa shape index (κ1) is 17.7. The highest BCUT2D eigenvalue weighted by molar-refractivity contribution is 7.90. The van der Waals surface area contributed by atoms with E-state index in [4.69, 9.17) is 5.11 Å². The van der Waals surface area contributed by atoms with Crippen molar-refractivity contribution in [1.82, 2.24) is 9.78 Å². The van der Waals surface area contributed by atoms with Crippen molar-refractivity contribution >= 4 is 27.4 Å². The molecule has 1 heterocycles. The van der Waals surface area contributed by atoms with E-state index in [-0.39, 0.29) is 10.5 Å². The third kappa shape index (κ3) is 3.62. The quantitative estimate of drug-likeness (QED) is 0.839. The van der Waals surface area contributed by atoms with Crippen molar-refractivity contribution in [2.75, 3.05) is 11.6 Å². The second-order valence-electron chi connectivity index (χ2n) is 5.79. The summed E-state index contributed by atoms with van der Waals surface area (Å²) in [5, 5.41) is 15.7. The van der Waals surface area contributed by atoms with Crippen LogP contribution in [0.4, 0.5) is 5.69 Å². The normalized spacial score (nSPS) is 12.0. The summed E-state index contributed by atoms with van der Waals surface area (Å²) >= 11 is 0. The summed E-state index contributed by atoms with van der Waals surface area (Å²) in [6.07, 6.45) is 3.78.